The van der Waals surface area contributed by atoms with Crippen LogP contribution >= 0.6 is 0 Å². The molecule has 142 valence electrons. The Morgan fingerprint density at radius 2 is 1.82 bits per heavy atom. The number of hydrogen-bond donors (Lipinski definition) is 2. The van der Waals surface area contributed by atoms with E-state index in [1.54, 1.807) is 42.5 Å². The molecule has 1 heterocycles. The van der Waals surface area contributed by atoms with Gasteiger partial charge >= 0.3 is 0 Å². The van der Waals surface area contributed by atoms with Gasteiger partial charge < -0.3 is 10.6 Å². The largest absolute Gasteiger partial charge is 0.352 e. The molecule has 2 N–H and O–H groups in total. The van der Waals surface area contributed by atoms with Crippen LogP contribution < -0.4 is 10.6 Å². The van der Waals surface area contributed by atoms with E-state index in [0.717, 1.165) is 5.56 Å². The second-order valence-electron chi connectivity index (χ2n) is 6.21. The number of amides is 2. The van der Waals surface area contributed by atoms with E-state index < -0.39 is 0 Å². The highest BCUT2D eigenvalue weighted by molar-refractivity contribution is 6.05. The highest BCUT2D eigenvalue weighted by Gasteiger charge is 2.12. The molecule has 0 saturated heterocycles. The average Bonchev–Trinajstić information content (AvgIpc) is 2.71. The number of rotatable bonds is 6. The first-order chi connectivity index (χ1) is 13.5. The van der Waals surface area contributed by atoms with E-state index in [2.05, 4.69) is 20.8 Å². The van der Waals surface area contributed by atoms with Crippen LogP contribution in [0.15, 0.2) is 60.9 Å². The first-order valence-corrected chi connectivity index (χ1v) is 8.75. The lowest BCUT2D eigenvalue weighted by atomic mass is 10.1. The fourth-order valence-corrected chi connectivity index (χ4v) is 2.63. The van der Waals surface area contributed by atoms with Crippen molar-refractivity contribution in [3.63, 3.8) is 0 Å². The fraction of sp³-hybridized carbons (Fsp3) is 0.143. The maximum atomic E-state index is 13.6. The number of anilines is 1. The summed E-state index contributed by atoms with van der Waals surface area (Å²) in [6, 6.07) is 13.1. The first kappa shape index (κ1) is 19.2. The summed E-state index contributed by atoms with van der Waals surface area (Å²) in [6.07, 6.45) is 3.19. The molecule has 0 fully saturated rings. The first-order valence-electron chi connectivity index (χ1n) is 8.75. The van der Waals surface area contributed by atoms with E-state index in [1.807, 2.05) is 6.92 Å². The molecule has 0 aliphatic heterocycles. The lowest BCUT2D eigenvalue weighted by Crippen LogP contribution is -2.26. The third-order valence-electron chi connectivity index (χ3n) is 4.23. The number of nitrogens with one attached hydrogen (secondary N) is 2. The van der Waals surface area contributed by atoms with Crippen LogP contribution in [0, 0.1) is 12.7 Å². The van der Waals surface area contributed by atoms with Gasteiger partial charge in [-0.2, -0.15) is 10.2 Å². The van der Waals surface area contributed by atoms with Gasteiger partial charge in [-0.1, -0.05) is 24.3 Å². The number of aryl methyl sites for hydroxylation is 1. The van der Waals surface area contributed by atoms with Crippen molar-refractivity contribution in [1.82, 2.24) is 15.5 Å². The summed E-state index contributed by atoms with van der Waals surface area (Å²) in [6.45, 7) is 2.14. The number of carbonyl (C=O) groups is 2. The molecule has 0 atom stereocenters. The number of aromatic nitrogens is 2. The second kappa shape index (κ2) is 8.85. The summed E-state index contributed by atoms with van der Waals surface area (Å²) in [7, 11) is 0. The van der Waals surface area contributed by atoms with Crippen LogP contribution in [-0.2, 0) is 6.42 Å². The van der Waals surface area contributed by atoms with Crippen LogP contribution in [0.2, 0.25) is 0 Å². The van der Waals surface area contributed by atoms with Gasteiger partial charge in [0.25, 0.3) is 11.8 Å². The van der Waals surface area contributed by atoms with Gasteiger partial charge in [0.2, 0.25) is 0 Å². The molecule has 7 heteroatoms. The lowest BCUT2D eigenvalue weighted by molar-refractivity contribution is 0.0952. The molecule has 0 aliphatic rings. The van der Waals surface area contributed by atoms with Gasteiger partial charge in [-0.3, -0.25) is 9.59 Å². The predicted molar refractivity (Wildman–Crippen MR) is 104 cm³/mol. The summed E-state index contributed by atoms with van der Waals surface area (Å²) in [5.41, 5.74) is 2.67. The number of halogens is 1. The minimum Gasteiger partial charge on any atom is -0.352 e. The van der Waals surface area contributed by atoms with Crippen molar-refractivity contribution in [2.75, 3.05) is 11.9 Å². The maximum Gasteiger partial charge on any atom is 0.257 e. The van der Waals surface area contributed by atoms with Gasteiger partial charge in [-0.25, -0.2) is 4.39 Å². The summed E-state index contributed by atoms with van der Waals surface area (Å²) in [5.74, 6) is -0.921. The highest BCUT2D eigenvalue weighted by Crippen LogP contribution is 2.18. The molecule has 28 heavy (non-hydrogen) atoms. The van der Waals surface area contributed by atoms with Gasteiger partial charge in [0.1, 0.15) is 5.82 Å². The molecule has 3 rings (SSSR count). The number of carbonyl (C=O) groups excluding carboxylic acids is 2. The van der Waals surface area contributed by atoms with Crippen molar-refractivity contribution in [2.45, 2.75) is 13.3 Å². The van der Waals surface area contributed by atoms with Gasteiger partial charge in [-0.15, -0.1) is 0 Å². The summed E-state index contributed by atoms with van der Waals surface area (Å²) < 4.78 is 13.6. The van der Waals surface area contributed by atoms with Crippen molar-refractivity contribution in [1.29, 1.82) is 0 Å². The van der Waals surface area contributed by atoms with Gasteiger partial charge in [-0.05, 0) is 48.7 Å². The quantitative estimate of drug-likeness (QED) is 0.690. The Labute approximate surface area is 161 Å². The molecule has 2 amide bonds. The van der Waals surface area contributed by atoms with E-state index in [1.165, 1.54) is 18.5 Å². The third kappa shape index (κ3) is 4.76. The molecule has 0 saturated carbocycles. The standard InChI is InChI=1S/C21H19FN4O2/c1-14-6-7-16(12-19(14)26-21(28)17-9-11-24-25-13-17)20(27)23-10-8-15-4-2-3-5-18(15)22/h2-7,9,11-13H,8,10H2,1H3,(H,23,27)(H,26,28). The molecular formula is C21H19FN4O2. The zero-order valence-corrected chi connectivity index (χ0v) is 15.3. The van der Waals surface area contributed by atoms with Gasteiger partial charge in [0, 0.05) is 17.8 Å². The van der Waals surface area contributed by atoms with Crippen molar-refractivity contribution in [3.05, 3.63) is 89.0 Å². The Hall–Kier alpha value is -3.61. The van der Waals surface area contributed by atoms with Gasteiger partial charge in [0.05, 0.1) is 18.0 Å². The molecule has 0 spiro atoms. The average molecular weight is 378 g/mol. The maximum absolute atomic E-state index is 13.6. The van der Waals surface area contributed by atoms with Crippen molar-refractivity contribution >= 4 is 17.5 Å². The van der Waals surface area contributed by atoms with E-state index in [0.29, 0.717) is 35.3 Å². The number of benzene rings is 2. The third-order valence-corrected chi connectivity index (χ3v) is 4.23. The monoisotopic (exact) mass is 378 g/mol. The zero-order valence-electron chi connectivity index (χ0n) is 15.3. The Morgan fingerprint density at radius 1 is 1.00 bits per heavy atom. The van der Waals surface area contributed by atoms with Crippen LogP contribution in [0.3, 0.4) is 0 Å². The number of hydrogen-bond acceptors (Lipinski definition) is 4. The van der Waals surface area contributed by atoms with Crippen molar-refractivity contribution in [3.8, 4) is 0 Å². The fourth-order valence-electron chi connectivity index (χ4n) is 2.63. The SMILES string of the molecule is Cc1ccc(C(=O)NCCc2ccccc2F)cc1NC(=O)c1ccnnc1. The predicted octanol–water partition coefficient (Wildman–Crippen LogP) is 3.15. The Balaban J connectivity index is 1.64. The van der Waals surface area contributed by atoms with Gasteiger partial charge in [0.15, 0.2) is 0 Å². The van der Waals surface area contributed by atoms with Crippen LogP contribution in [0.5, 0.6) is 0 Å². The molecule has 0 bridgehead atoms. The lowest BCUT2D eigenvalue weighted by Gasteiger charge is -2.11. The van der Waals surface area contributed by atoms with E-state index in [-0.39, 0.29) is 17.6 Å². The van der Waals surface area contributed by atoms with Crippen molar-refractivity contribution < 1.29 is 14.0 Å². The minimum atomic E-state index is -0.338. The van der Waals surface area contributed by atoms with Crippen molar-refractivity contribution in [2.24, 2.45) is 0 Å². The van der Waals surface area contributed by atoms with Crippen LogP contribution in [0.4, 0.5) is 10.1 Å². The molecule has 0 unspecified atom stereocenters. The molecular weight excluding hydrogens is 359 g/mol. The molecule has 0 radical (unpaired) electrons. The van der Waals surface area contributed by atoms with Crippen LogP contribution in [-0.4, -0.2) is 28.6 Å². The van der Waals surface area contributed by atoms with E-state index in [9.17, 15) is 14.0 Å². The molecule has 2 aromatic carbocycles. The zero-order chi connectivity index (χ0) is 19.9. The summed E-state index contributed by atoms with van der Waals surface area (Å²) in [5, 5.41) is 12.9. The summed E-state index contributed by atoms with van der Waals surface area (Å²) >= 11 is 0. The van der Waals surface area contributed by atoms with Crippen LogP contribution in [0.1, 0.15) is 31.8 Å². The molecule has 0 aliphatic carbocycles. The summed E-state index contributed by atoms with van der Waals surface area (Å²) in [4.78, 5) is 24.7. The topological polar surface area (TPSA) is 84.0 Å². The molecule has 1 aromatic heterocycles. The Kier molecular flexibility index (Phi) is 6.06. The Bertz CT molecular complexity index is 993. The Morgan fingerprint density at radius 3 is 2.57 bits per heavy atom. The van der Waals surface area contributed by atoms with Crippen LogP contribution in [0.25, 0.3) is 0 Å². The smallest absolute Gasteiger partial charge is 0.257 e. The van der Waals surface area contributed by atoms with E-state index in [4.69, 9.17) is 0 Å². The highest BCUT2D eigenvalue weighted by atomic mass is 19.1. The minimum absolute atomic E-state index is 0.289. The number of nitrogens with zero attached hydrogens (tertiary/aromatic N) is 2. The second-order valence-corrected chi connectivity index (χ2v) is 6.21. The molecule has 6 nitrogen and oxygen atoms in total. The van der Waals surface area contributed by atoms with E-state index >= 15 is 0 Å². The normalized spacial score (nSPS) is 10.4. The molecule has 3 aromatic rings.